The van der Waals surface area contributed by atoms with Gasteiger partial charge in [0.25, 0.3) is 0 Å². The molecule has 0 radical (unpaired) electrons. The third-order valence-corrected chi connectivity index (χ3v) is 12.6. The smallest absolute Gasteiger partial charge is 0.335 e. The largest absolute Gasteiger partial charge is 0.479 e. The fourth-order valence-corrected chi connectivity index (χ4v) is 8.19. The Morgan fingerprint density at radius 2 is 0.840 bits per heavy atom. The minimum absolute atomic E-state index is 0.0178. The van der Waals surface area contributed by atoms with Crippen LogP contribution >= 0.6 is 0 Å². The van der Waals surface area contributed by atoms with E-state index < -0.39 is 67.3 Å². The van der Waals surface area contributed by atoms with Gasteiger partial charge in [-0.2, -0.15) is 0 Å². The normalized spacial score (nSPS) is 18.9. The van der Waals surface area contributed by atoms with Gasteiger partial charge in [0.15, 0.2) is 24.6 Å². The Morgan fingerprint density at radius 3 is 1.31 bits per heavy atom. The number of carboxylic acids is 1. The van der Waals surface area contributed by atoms with Crippen LogP contribution in [0.15, 0.2) is 97.2 Å². The zero-order valence-corrected chi connectivity index (χ0v) is 46.8. The van der Waals surface area contributed by atoms with Crippen LogP contribution in [0.5, 0.6) is 0 Å². The van der Waals surface area contributed by atoms with Gasteiger partial charge < -0.3 is 39.0 Å². The molecular formula is C63H102O12. The monoisotopic (exact) mass is 1050 g/mol. The van der Waals surface area contributed by atoms with Crippen LogP contribution in [0.1, 0.15) is 226 Å². The van der Waals surface area contributed by atoms with Crippen molar-refractivity contribution in [1.29, 1.82) is 0 Å². The Bertz CT molecular complexity index is 1670. The van der Waals surface area contributed by atoms with Crippen molar-refractivity contribution in [2.75, 3.05) is 13.2 Å². The highest BCUT2D eigenvalue weighted by atomic mass is 16.7. The lowest BCUT2D eigenvalue weighted by molar-refractivity contribution is -0.301. The van der Waals surface area contributed by atoms with Gasteiger partial charge in [0, 0.05) is 19.3 Å². The van der Waals surface area contributed by atoms with Crippen LogP contribution in [0.2, 0.25) is 0 Å². The van der Waals surface area contributed by atoms with E-state index in [1.54, 1.807) is 0 Å². The highest BCUT2D eigenvalue weighted by molar-refractivity contribution is 5.74. The first kappa shape index (κ1) is 68.7. The van der Waals surface area contributed by atoms with Crippen LogP contribution in [-0.4, -0.2) is 89.2 Å². The van der Waals surface area contributed by atoms with Gasteiger partial charge in [0.05, 0.1) is 6.61 Å². The molecule has 1 aliphatic rings. The van der Waals surface area contributed by atoms with Crippen molar-refractivity contribution in [2.24, 2.45) is 0 Å². The summed E-state index contributed by atoms with van der Waals surface area (Å²) in [6.07, 6.45) is 53.8. The van der Waals surface area contributed by atoms with Gasteiger partial charge in [-0.25, -0.2) is 4.79 Å². The number of hydrogen-bond donors (Lipinski definition) is 3. The maximum absolute atomic E-state index is 13.1. The Labute approximate surface area is 453 Å². The molecule has 0 aliphatic carbocycles. The summed E-state index contributed by atoms with van der Waals surface area (Å²) >= 11 is 0. The van der Waals surface area contributed by atoms with Gasteiger partial charge in [-0.15, -0.1) is 0 Å². The maximum atomic E-state index is 13.1. The van der Waals surface area contributed by atoms with Crippen LogP contribution in [0, 0.1) is 0 Å². The lowest BCUT2D eigenvalue weighted by Crippen LogP contribution is -2.61. The minimum atomic E-state index is -1.92. The van der Waals surface area contributed by atoms with Crippen LogP contribution in [-0.2, 0) is 42.9 Å². The topological polar surface area (TPSA) is 175 Å². The Balaban J connectivity index is 2.74. The summed E-state index contributed by atoms with van der Waals surface area (Å²) in [5.74, 6) is -3.21. The van der Waals surface area contributed by atoms with E-state index in [9.17, 15) is 34.5 Å². The van der Waals surface area contributed by atoms with Crippen molar-refractivity contribution in [2.45, 2.75) is 263 Å². The van der Waals surface area contributed by atoms with Gasteiger partial charge in [0.1, 0.15) is 18.8 Å². The molecule has 1 rings (SSSR count). The summed E-state index contributed by atoms with van der Waals surface area (Å²) in [5.41, 5.74) is 0. The molecule has 1 saturated heterocycles. The molecule has 0 aromatic heterocycles. The molecule has 0 saturated carbocycles. The second-order valence-corrected chi connectivity index (χ2v) is 19.5. The predicted molar refractivity (Wildman–Crippen MR) is 303 cm³/mol. The van der Waals surface area contributed by atoms with Crippen molar-refractivity contribution >= 4 is 23.9 Å². The van der Waals surface area contributed by atoms with E-state index >= 15 is 0 Å². The molecule has 1 aliphatic heterocycles. The molecule has 0 aromatic carbocycles. The molecule has 12 heteroatoms. The lowest BCUT2D eigenvalue weighted by Gasteiger charge is -2.40. The molecule has 1 fully saturated rings. The average molecular weight is 1050 g/mol. The number of aliphatic carboxylic acids is 1. The van der Waals surface area contributed by atoms with E-state index in [1.165, 1.54) is 38.5 Å². The molecule has 0 amide bonds. The van der Waals surface area contributed by atoms with Crippen molar-refractivity contribution in [3.05, 3.63) is 97.2 Å². The SMILES string of the molecule is CC/C=C\C/C=C\C/C=C\C/C=C\CCCCCCC(=O)OCC(COC1OC(C(=O)O)C(O)C(O)C1OC(=O)CCCCC/C=C\C/C=C\C/C=C\CC)OC(=O)CCCCCCC/C=C\CCCCCCCC. The summed E-state index contributed by atoms with van der Waals surface area (Å²) in [6, 6.07) is 0. The molecule has 1 heterocycles. The van der Waals surface area contributed by atoms with Gasteiger partial charge in [-0.1, -0.05) is 189 Å². The van der Waals surface area contributed by atoms with Crippen LogP contribution in [0.3, 0.4) is 0 Å². The van der Waals surface area contributed by atoms with Gasteiger partial charge in [-0.3, -0.25) is 14.4 Å². The Morgan fingerprint density at radius 1 is 0.453 bits per heavy atom. The molecular weight excluding hydrogens is 949 g/mol. The van der Waals surface area contributed by atoms with Crippen LogP contribution < -0.4 is 0 Å². The molecule has 6 atom stereocenters. The van der Waals surface area contributed by atoms with Crippen molar-refractivity contribution < 1.29 is 58.2 Å². The van der Waals surface area contributed by atoms with E-state index in [0.717, 1.165) is 128 Å². The third kappa shape index (κ3) is 40.6. The number of ether oxygens (including phenoxy) is 5. The number of hydrogen-bond acceptors (Lipinski definition) is 11. The molecule has 0 spiro atoms. The van der Waals surface area contributed by atoms with Crippen molar-refractivity contribution in [3.63, 3.8) is 0 Å². The quantitative estimate of drug-likeness (QED) is 0.0228. The number of carbonyl (C=O) groups excluding carboxylic acids is 3. The Hall–Kier alpha value is -4.36. The average Bonchev–Trinajstić information content (AvgIpc) is 3.39. The fraction of sp³-hybridized carbons (Fsp3) is 0.683. The number of rotatable bonds is 48. The summed E-state index contributed by atoms with van der Waals surface area (Å²) in [4.78, 5) is 51.1. The second-order valence-electron chi connectivity index (χ2n) is 19.5. The van der Waals surface area contributed by atoms with E-state index in [0.29, 0.717) is 19.3 Å². The summed E-state index contributed by atoms with van der Waals surface area (Å²) < 4.78 is 28.3. The van der Waals surface area contributed by atoms with Gasteiger partial charge >= 0.3 is 23.9 Å². The third-order valence-electron chi connectivity index (χ3n) is 12.6. The standard InChI is InChI=1S/C63H102O12/c1-4-7-10-13-16-19-22-25-27-28-30-32-34-37-40-43-46-49-55(64)71-52-54(73-56(65)50-47-44-41-38-36-33-29-26-23-20-17-14-11-8-5-2)53-72-63-61(59(68)58(67)60(75-63)62(69)70)74-57(66)51-48-45-42-39-35-31-24-21-18-15-12-9-6-3/h7,9-10,12,16,18-19,21,25-27,29-32,35,54,58-61,63,67-68H,4-6,8,11,13-15,17,20,22-24,28,33-34,36-53H2,1-3H3,(H,69,70)/b10-7-,12-9-,19-16-,21-18-,27-25-,29-26-,32-30-,35-31-. The van der Waals surface area contributed by atoms with Crippen LogP contribution in [0.25, 0.3) is 0 Å². The van der Waals surface area contributed by atoms with Crippen LogP contribution in [0.4, 0.5) is 0 Å². The molecule has 75 heavy (non-hydrogen) atoms. The number of carboxylic acid groups (broad SMARTS) is 1. The second kappa shape index (κ2) is 50.5. The number of allylic oxidation sites excluding steroid dienone is 16. The number of unbranched alkanes of at least 4 members (excludes halogenated alkanes) is 18. The Kier molecular flexibility index (Phi) is 46.2. The lowest BCUT2D eigenvalue weighted by atomic mass is 9.98. The highest BCUT2D eigenvalue weighted by Crippen LogP contribution is 2.26. The van der Waals surface area contributed by atoms with E-state index in [-0.39, 0.29) is 25.9 Å². The first-order chi connectivity index (χ1) is 36.6. The number of aliphatic hydroxyl groups excluding tert-OH is 2. The zero-order valence-electron chi connectivity index (χ0n) is 46.8. The molecule has 6 unspecified atom stereocenters. The van der Waals surface area contributed by atoms with Crippen molar-refractivity contribution in [1.82, 2.24) is 0 Å². The number of aliphatic hydroxyl groups is 2. The zero-order chi connectivity index (χ0) is 54.7. The summed E-state index contributed by atoms with van der Waals surface area (Å²) in [7, 11) is 0. The van der Waals surface area contributed by atoms with Gasteiger partial charge in [-0.05, 0) is 116 Å². The molecule has 426 valence electrons. The van der Waals surface area contributed by atoms with E-state index in [2.05, 4.69) is 118 Å². The fourth-order valence-electron chi connectivity index (χ4n) is 8.19. The summed E-state index contributed by atoms with van der Waals surface area (Å²) in [5, 5.41) is 31.4. The van der Waals surface area contributed by atoms with Crippen molar-refractivity contribution in [3.8, 4) is 0 Å². The molecule has 12 nitrogen and oxygen atoms in total. The maximum Gasteiger partial charge on any atom is 0.335 e. The highest BCUT2D eigenvalue weighted by Gasteiger charge is 2.50. The molecule has 3 N–H and O–H groups in total. The number of esters is 3. The van der Waals surface area contributed by atoms with E-state index in [1.807, 2.05) is 0 Å². The number of carbonyl (C=O) groups is 4. The predicted octanol–water partition coefficient (Wildman–Crippen LogP) is 14.9. The summed E-state index contributed by atoms with van der Waals surface area (Å²) in [6.45, 7) is 5.71. The first-order valence-electron chi connectivity index (χ1n) is 29.2. The van der Waals surface area contributed by atoms with E-state index in [4.69, 9.17) is 23.7 Å². The molecule has 0 aromatic rings. The van der Waals surface area contributed by atoms with Gasteiger partial charge in [0.2, 0.25) is 0 Å². The minimum Gasteiger partial charge on any atom is -0.479 e. The first-order valence-corrected chi connectivity index (χ1v) is 29.2. The molecule has 0 bridgehead atoms.